The van der Waals surface area contributed by atoms with Gasteiger partial charge in [-0.2, -0.15) is 0 Å². The number of nitrogens with zero attached hydrogens (tertiary/aromatic N) is 1. The molecule has 1 fully saturated rings. The number of nitrogens with one attached hydrogen (secondary N) is 1. The zero-order valence-electron chi connectivity index (χ0n) is 8.10. The van der Waals surface area contributed by atoms with Crippen molar-refractivity contribution in [3.05, 3.63) is 18.5 Å². The molecule has 1 aliphatic carbocycles. The number of aromatic amines is 1. The standard InChI is InChI=1S/C10H14N2O2/c1-12(8-2-3-11-5-8)6-7-4-9(7)10(13)14/h2-3,5,7,9,11H,4,6H2,1H3,(H,13,14). The second-order valence-electron chi connectivity index (χ2n) is 3.89. The number of carboxylic acids is 1. The largest absolute Gasteiger partial charge is 0.481 e. The molecule has 0 aliphatic heterocycles. The van der Waals surface area contributed by atoms with E-state index in [1.54, 1.807) is 0 Å². The second kappa shape index (κ2) is 3.36. The van der Waals surface area contributed by atoms with Gasteiger partial charge >= 0.3 is 5.97 Å². The van der Waals surface area contributed by atoms with Crippen molar-refractivity contribution in [1.82, 2.24) is 4.98 Å². The fourth-order valence-corrected chi connectivity index (χ4v) is 1.76. The van der Waals surface area contributed by atoms with Gasteiger partial charge in [-0.15, -0.1) is 0 Å². The predicted molar refractivity (Wildman–Crippen MR) is 53.3 cm³/mol. The first-order valence-electron chi connectivity index (χ1n) is 4.75. The van der Waals surface area contributed by atoms with Gasteiger partial charge in [0.1, 0.15) is 0 Å². The maximum absolute atomic E-state index is 10.6. The Morgan fingerprint density at radius 3 is 3.07 bits per heavy atom. The molecule has 1 aromatic rings. The number of carbonyl (C=O) groups is 1. The van der Waals surface area contributed by atoms with Gasteiger partial charge in [0, 0.05) is 26.0 Å². The van der Waals surface area contributed by atoms with Crippen molar-refractivity contribution in [2.24, 2.45) is 11.8 Å². The van der Waals surface area contributed by atoms with Crippen molar-refractivity contribution >= 4 is 11.7 Å². The minimum Gasteiger partial charge on any atom is -0.481 e. The SMILES string of the molecule is CN(CC1CC1C(=O)O)c1cc[nH]c1. The van der Waals surface area contributed by atoms with Gasteiger partial charge in [-0.3, -0.25) is 4.79 Å². The Morgan fingerprint density at radius 1 is 1.79 bits per heavy atom. The fourth-order valence-electron chi connectivity index (χ4n) is 1.76. The summed E-state index contributed by atoms with van der Waals surface area (Å²) in [4.78, 5) is 15.7. The van der Waals surface area contributed by atoms with E-state index in [1.165, 1.54) is 0 Å². The van der Waals surface area contributed by atoms with Gasteiger partial charge in [0.25, 0.3) is 0 Å². The Labute approximate surface area is 82.5 Å². The van der Waals surface area contributed by atoms with E-state index in [-0.39, 0.29) is 5.92 Å². The van der Waals surface area contributed by atoms with Crippen molar-refractivity contribution in [3.63, 3.8) is 0 Å². The Morgan fingerprint density at radius 2 is 2.57 bits per heavy atom. The summed E-state index contributed by atoms with van der Waals surface area (Å²) in [6, 6.07) is 1.98. The molecule has 2 rings (SSSR count). The quantitative estimate of drug-likeness (QED) is 0.756. The zero-order chi connectivity index (χ0) is 10.1. The van der Waals surface area contributed by atoms with Crippen LogP contribution in [-0.2, 0) is 4.79 Å². The maximum Gasteiger partial charge on any atom is 0.306 e. The van der Waals surface area contributed by atoms with E-state index in [1.807, 2.05) is 25.5 Å². The van der Waals surface area contributed by atoms with Gasteiger partial charge < -0.3 is 15.0 Å². The van der Waals surface area contributed by atoms with Crippen LogP contribution >= 0.6 is 0 Å². The second-order valence-corrected chi connectivity index (χ2v) is 3.89. The molecule has 0 radical (unpaired) electrons. The molecule has 2 unspecified atom stereocenters. The van der Waals surface area contributed by atoms with E-state index in [0.29, 0.717) is 5.92 Å². The monoisotopic (exact) mass is 194 g/mol. The number of hydrogen-bond donors (Lipinski definition) is 2. The molecule has 0 bridgehead atoms. The van der Waals surface area contributed by atoms with Gasteiger partial charge in [0.05, 0.1) is 11.6 Å². The molecule has 1 heterocycles. The zero-order valence-corrected chi connectivity index (χ0v) is 8.10. The maximum atomic E-state index is 10.6. The Hall–Kier alpha value is -1.45. The average Bonchev–Trinajstić information content (AvgIpc) is 2.70. The van der Waals surface area contributed by atoms with Crippen LogP contribution < -0.4 is 4.90 Å². The van der Waals surface area contributed by atoms with Crippen LogP contribution in [0.3, 0.4) is 0 Å². The summed E-state index contributed by atoms with van der Waals surface area (Å²) in [5, 5.41) is 8.74. The highest BCUT2D eigenvalue weighted by molar-refractivity contribution is 5.73. The lowest BCUT2D eigenvalue weighted by Gasteiger charge is -2.16. The summed E-state index contributed by atoms with van der Waals surface area (Å²) in [5.41, 5.74) is 1.11. The summed E-state index contributed by atoms with van der Waals surface area (Å²) in [7, 11) is 1.99. The van der Waals surface area contributed by atoms with Crippen molar-refractivity contribution in [2.45, 2.75) is 6.42 Å². The van der Waals surface area contributed by atoms with Crippen LogP contribution in [0.2, 0.25) is 0 Å². The molecule has 0 spiro atoms. The van der Waals surface area contributed by atoms with Gasteiger partial charge in [-0.05, 0) is 18.4 Å². The highest BCUT2D eigenvalue weighted by atomic mass is 16.4. The Kier molecular flexibility index (Phi) is 2.19. The number of carboxylic acid groups (broad SMARTS) is 1. The molecule has 4 heteroatoms. The summed E-state index contributed by atoms with van der Waals surface area (Å²) in [5.74, 6) is -0.443. The normalized spacial score (nSPS) is 24.6. The highest BCUT2D eigenvalue weighted by Gasteiger charge is 2.43. The van der Waals surface area contributed by atoms with E-state index in [0.717, 1.165) is 18.7 Å². The molecule has 1 saturated carbocycles. The number of anilines is 1. The van der Waals surface area contributed by atoms with Crippen LogP contribution in [0.25, 0.3) is 0 Å². The molecule has 0 amide bonds. The molecule has 76 valence electrons. The lowest BCUT2D eigenvalue weighted by Crippen LogP contribution is -2.20. The van der Waals surface area contributed by atoms with Gasteiger partial charge in [-0.25, -0.2) is 0 Å². The van der Waals surface area contributed by atoms with E-state index in [9.17, 15) is 4.79 Å². The first-order valence-corrected chi connectivity index (χ1v) is 4.75. The molecule has 1 aliphatic rings. The smallest absolute Gasteiger partial charge is 0.306 e. The van der Waals surface area contributed by atoms with Gasteiger partial charge in [0.2, 0.25) is 0 Å². The minimum atomic E-state index is -0.655. The van der Waals surface area contributed by atoms with Crippen LogP contribution in [-0.4, -0.2) is 29.7 Å². The summed E-state index contributed by atoms with van der Waals surface area (Å²) < 4.78 is 0. The molecular formula is C10H14N2O2. The number of hydrogen-bond acceptors (Lipinski definition) is 2. The lowest BCUT2D eigenvalue weighted by atomic mass is 10.3. The van der Waals surface area contributed by atoms with E-state index < -0.39 is 5.97 Å². The Bertz CT molecular complexity index is 321. The third kappa shape index (κ3) is 1.73. The molecule has 4 nitrogen and oxygen atoms in total. The van der Waals surface area contributed by atoms with E-state index in [4.69, 9.17) is 5.11 Å². The van der Waals surface area contributed by atoms with Crippen LogP contribution in [0.15, 0.2) is 18.5 Å². The van der Waals surface area contributed by atoms with Crippen molar-refractivity contribution < 1.29 is 9.90 Å². The molecule has 14 heavy (non-hydrogen) atoms. The fraction of sp³-hybridized carbons (Fsp3) is 0.500. The topological polar surface area (TPSA) is 56.3 Å². The average molecular weight is 194 g/mol. The first-order chi connectivity index (χ1) is 6.68. The molecule has 0 saturated heterocycles. The lowest BCUT2D eigenvalue weighted by molar-refractivity contribution is -0.138. The molecular weight excluding hydrogens is 180 g/mol. The molecule has 2 N–H and O–H groups in total. The predicted octanol–water partition coefficient (Wildman–Crippen LogP) is 1.17. The highest BCUT2D eigenvalue weighted by Crippen LogP contribution is 2.39. The molecule has 1 aromatic heterocycles. The van der Waals surface area contributed by atoms with E-state index in [2.05, 4.69) is 9.88 Å². The molecule has 0 aromatic carbocycles. The molecule has 2 atom stereocenters. The number of rotatable bonds is 4. The van der Waals surface area contributed by atoms with Crippen LogP contribution in [0.5, 0.6) is 0 Å². The minimum absolute atomic E-state index is 0.114. The van der Waals surface area contributed by atoms with Crippen LogP contribution in [0.4, 0.5) is 5.69 Å². The first kappa shape index (κ1) is 9.12. The van der Waals surface area contributed by atoms with E-state index >= 15 is 0 Å². The Balaban J connectivity index is 1.85. The summed E-state index contributed by atoms with van der Waals surface area (Å²) in [6.45, 7) is 0.828. The number of H-pyrrole nitrogens is 1. The van der Waals surface area contributed by atoms with Gasteiger partial charge in [-0.1, -0.05) is 0 Å². The van der Waals surface area contributed by atoms with Crippen LogP contribution in [0, 0.1) is 11.8 Å². The summed E-state index contributed by atoms with van der Waals surface area (Å²) in [6.07, 6.45) is 4.61. The number of aliphatic carboxylic acids is 1. The van der Waals surface area contributed by atoms with Crippen LogP contribution in [0.1, 0.15) is 6.42 Å². The third-order valence-corrected chi connectivity index (χ3v) is 2.77. The summed E-state index contributed by atoms with van der Waals surface area (Å²) >= 11 is 0. The van der Waals surface area contributed by atoms with Crippen molar-refractivity contribution in [2.75, 3.05) is 18.5 Å². The number of aromatic nitrogens is 1. The van der Waals surface area contributed by atoms with Gasteiger partial charge in [0.15, 0.2) is 0 Å². The third-order valence-electron chi connectivity index (χ3n) is 2.77. The van der Waals surface area contributed by atoms with Crippen molar-refractivity contribution in [1.29, 1.82) is 0 Å². The van der Waals surface area contributed by atoms with Crippen molar-refractivity contribution in [3.8, 4) is 0 Å².